The molecule has 0 radical (unpaired) electrons. The summed E-state index contributed by atoms with van der Waals surface area (Å²) >= 11 is 1.73. The fraction of sp³-hybridized carbons (Fsp3) is 0.273. The fourth-order valence-electron chi connectivity index (χ4n) is 2.73. The maximum Gasteiger partial charge on any atom is 0.191 e. The SMILES string of the molecule is CN=C(NCCc1ncc(C)s1)NCc1ccccc1OCc1ccccc1. The topological polar surface area (TPSA) is 58.5 Å². The molecule has 3 rings (SSSR count). The highest BCUT2D eigenvalue weighted by atomic mass is 32.1. The van der Waals surface area contributed by atoms with Gasteiger partial charge in [-0.2, -0.15) is 0 Å². The number of aliphatic imine (C=N–C) groups is 1. The van der Waals surface area contributed by atoms with Crippen molar-refractivity contribution in [3.63, 3.8) is 0 Å². The Morgan fingerprint density at radius 3 is 2.61 bits per heavy atom. The zero-order chi connectivity index (χ0) is 19.6. The summed E-state index contributed by atoms with van der Waals surface area (Å²) in [4.78, 5) is 9.93. The van der Waals surface area contributed by atoms with E-state index in [1.165, 1.54) is 4.88 Å². The lowest BCUT2D eigenvalue weighted by Crippen LogP contribution is -2.37. The van der Waals surface area contributed by atoms with Crippen LogP contribution in [0.15, 0.2) is 65.8 Å². The van der Waals surface area contributed by atoms with Gasteiger partial charge in [-0.25, -0.2) is 4.98 Å². The molecule has 0 spiro atoms. The van der Waals surface area contributed by atoms with Crippen molar-refractivity contribution < 1.29 is 4.74 Å². The van der Waals surface area contributed by atoms with Gasteiger partial charge in [0, 0.05) is 43.2 Å². The van der Waals surface area contributed by atoms with E-state index in [1.807, 2.05) is 42.6 Å². The van der Waals surface area contributed by atoms with E-state index in [-0.39, 0.29) is 0 Å². The number of nitrogens with zero attached hydrogens (tertiary/aromatic N) is 2. The number of guanidine groups is 1. The molecule has 5 nitrogen and oxygen atoms in total. The van der Waals surface area contributed by atoms with Crippen molar-refractivity contribution in [2.75, 3.05) is 13.6 Å². The van der Waals surface area contributed by atoms with Crippen LogP contribution in [0.25, 0.3) is 0 Å². The van der Waals surface area contributed by atoms with Crippen LogP contribution < -0.4 is 15.4 Å². The Hall–Kier alpha value is -2.86. The summed E-state index contributed by atoms with van der Waals surface area (Å²) in [6.45, 7) is 4.06. The Morgan fingerprint density at radius 1 is 1.07 bits per heavy atom. The van der Waals surface area contributed by atoms with Crippen molar-refractivity contribution >= 4 is 17.3 Å². The van der Waals surface area contributed by atoms with Gasteiger partial charge in [-0.05, 0) is 18.6 Å². The smallest absolute Gasteiger partial charge is 0.191 e. The Bertz CT molecular complexity index is 892. The third-order valence-electron chi connectivity index (χ3n) is 4.18. The number of benzene rings is 2. The second kappa shape index (κ2) is 10.5. The molecule has 28 heavy (non-hydrogen) atoms. The zero-order valence-electron chi connectivity index (χ0n) is 16.3. The minimum Gasteiger partial charge on any atom is -0.489 e. The monoisotopic (exact) mass is 394 g/mol. The van der Waals surface area contributed by atoms with Crippen LogP contribution >= 0.6 is 11.3 Å². The molecule has 146 valence electrons. The molecule has 6 heteroatoms. The van der Waals surface area contributed by atoms with Gasteiger partial charge >= 0.3 is 0 Å². The Balaban J connectivity index is 1.49. The Kier molecular flexibility index (Phi) is 7.44. The summed E-state index contributed by atoms with van der Waals surface area (Å²) < 4.78 is 6.02. The van der Waals surface area contributed by atoms with Crippen molar-refractivity contribution in [3.05, 3.63) is 81.8 Å². The summed E-state index contributed by atoms with van der Waals surface area (Å²) in [7, 11) is 1.78. The number of aryl methyl sites for hydroxylation is 1. The number of nitrogens with one attached hydrogen (secondary N) is 2. The lowest BCUT2D eigenvalue weighted by Gasteiger charge is -2.14. The Morgan fingerprint density at radius 2 is 1.86 bits per heavy atom. The molecule has 0 unspecified atom stereocenters. The number of aromatic nitrogens is 1. The summed E-state index contributed by atoms with van der Waals surface area (Å²) in [6, 6.07) is 18.3. The quantitative estimate of drug-likeness (QED) is 0.449. The maximum absolute atomic E-state index is 6.02. The number of hydrogen-bond donors (Lipinski definition) is 2. The van der Waals surface area contributed by atoms with Gasteiger partial charge in [-0.1, -0.05) is 48.5 Å². The van der Waals surface area contributed by atoms with Crippen LogP contribution in [0.1, 0.15) is 21.0 Å². The average Bonchev–Trinajstić information content (AvgIpc) is 3.15. The van der Waals surface area contributed by atoms with Crippen molar-refractivity contribution in [2.24, 2.45) is 4.99 Å². The molecule has 2 N–H and O–H groups in total. The molecule has 0 amide bonds. The van der Waals surface area contributed by atoms with Gasteiger partial charge in [0.1, 0.15) is 12.4 Å². The molecule has 1 heterocycles. The molecule has 2 aromatic carbocycles. The summed E-state index contributed by atoms with van der Waals surface area (Å²) in [5.41, 5.74) is 2.25. The second-order valence-corrected chi connectivity index (χ2v) is 7.67. The van der Waals surface area contributed by atoms with Gasteiger partial charge < -0.3 is 15.4 Å². The van der Waals surface area contributed by atoms with E-state index in [2.05, 4.69) is 45.7 Å². The minimum atomic E-state index is 0.554. The first kappa shape index (κ1) is 19.9. The molecule has 0 aliphatic carbocycles. The first-order valence-electron chi connectivity index (χ1n) is 9.35. The van der Waals surface area contributed by atoms with Crippen molar-refractivity contribution in [3.8, 4) is 5.75 Å². The first-order valence-corrected chi connectivity index (χ1v) is 10.2. The van der Waals surface area contributed by atoms with Crippen LogP contribution in [0.2, 0.25) is 0 Å². The molecule has 1 aromatic heterocycles. The molecule has 3 aromatic rings. The summed E-state index contributed by atoms with van der Waals surface area (Å²) in [5.74, 6) is 1.65. The number of ether oxygens (including phenoxy) is 1. The molecule has 0 fully saturated rings. The summed E-state index contributed by atoms with van der Waals surface area (Å²) in [6.07, 6.45) is 2.80. The minimum absolute atomic E-state index is 0.554. The van der Waals surface area contributed by atoms with Gasteiger partial charge in [0.15, 0.2) is 5.96 Å². The van der Waals surface area contributed by atoms with Gasteiger partial charge in [-0.3, -0.25) is 4.99 Å². The number of hydrogen-bond acceptors (Lipinski definition) is 4. The molecule has 0 aliphatic rings. The number of rotatable bonds is 8. The van der Waals surface area contributed by atoms with E-state index in [9.17, 15) is 0 Å². The molecular formula is C22H26N4OS. The van der Waals surface area contributed by atoms with Crippen LogP contribution in [0.5, 0.6) is 5.75 Å². The van der Waals surface area contributed by atoms with E-state index in [0.717, 1.165) is 40.8 Å². The third kappa shape index (κ3) is 6.09. The van der Waals surface area contributed by atoms with E-state index >= 15 is 0 Å². The predicted octanol–water partition coefficient (Wildman–Crippen LogP) is 3.94. The average molecular weight is 395 g/mol. The highest BCUT2D eigenvalue weighted by molar-refractivity contribution is 7.11. The van der Waals surface area contributed by atoms with E-state index in [4.69, 9.17) is 4.74 Å². The van der Waals surface area contributed by atoms with Crippen LogP contribution in [0.4, 0.5) is 0 Å². The van der Waals surface area contributed by atoms with Crippen LogP contribution in [0, 0.1) is 6.92 Å². The normalized spacial score (nSPS) is 11.3. The molecule has 0 aliphatic heterocycles. The van der Waals surface area contributed by atoms with E-state index in [1.54, 1.807) is 18.4 Å². The summed E-state index contributed by atoms with van der Waals surface area (Å²) in [5, 5.41) is 7.84. The highest BCUT2D eigenvalue weighted by Gasteiger charge is 2.06. The lowest BCUT2D eigenvalue weighted by atomic mass is 10.2. The molecule has 0 bridgehead atoms. The second-order valence-electron chi connectivity index (χ2n) is 6.35. The maximum atomic E-state index is 6.02. The van der Waals surface area contributed by atoms with E-state index < -0.39 is 0 Å². The molecule has 0 saturated carbocycles. The predicted molar refractivity (Wildman–Crippen MR) is 116 cm³/mol. The van der Waals surface area contributed by atoms with Crippen LogP contribution in [-0.2, 0) is 19.6 Å². The fourth-order valence-corrected chi connectivity index (χ4v) is 3.52. The van der Waals surface area contributed by atoms with Crippen LogP contribution in [-0.4, -0.2) is 24.5 Å². The van der Waals surface area contributed by atoms with E-state index in [0.29, 0.717) is 13.2 Å². The van der Waals surface area contributed by atoms with Crippen molar-refractivity contribution in [2.45, 2.75) is 26.5 Å². The van der Waals surface area contributed by atoms with Gasteiger partial charge in [0.05, 0.1) is 5.01 Å². The third-order valence-corrected chi connectivity index (χ3v) is 5.15. The molecule has 0 atom stereocenters. The van der Waals surface area contributed by atoms with Crippen LogP contribution in [0.3, 0.4) is 0 Å². The van der Waals surface area contributed by atoms with Gasteiger partial charge in [-0.15, -0.1) is 11.3 Å². The van der Waals surface area contributed by atoms with Gasteiger partial charge in [0.2, 0.25) is 0 Å². The Labute approximate surface area is 170 Å². The largest absolute Gasteiger partial charge is 0.489 e. The number of thiazole rings is 1. The van der Waals surface area contributed by atoms with Crippen molar-refractivity contribution in [1.29, 1.82) is 0 Å². The molecular weight excluding hydrogens is 368 g/mol. The first-order chi connectivity index (χ1) is 13.7. The van der Waals surface area contributed by atoms with Crippen molar-refractivity contribution in [1.82, 2.24) is 15.6 Å². The number of para-hydroxylation sites is 1. The standard InChI is InChI=1S/C22H26N4OS/c1-17-14-25-21(28-17)12-13-24-22(23-2)26-15-19-10-6-7-11-20(19)27-16-18-8-4-3-5-9-18/h3-11,14H,12-13,15-16H2,1-2H3,(H2,23,24,26). The molecule has 0 saturated heterocycles. The van der Waals surface area contributed by atoms with Gasteiger partial charge in [0.25, 0.3) is 0 Å². The zero-order valence-corrected chi connectivity index (χ0v) is 17.1. The highest BCUT2D eigenvalue weighted by Crippen LogP contribution is 2.19. The lowest BCUT2D eigenvalue weighted by molar-refractivity contribution is 0.302.